The summed E-state index contributed by atoms with van der Waals surface area (Å²) in [4.78, 5) is 12.5. The van der Waals surface area contributed by atoms with Crippen molar-refractivity contribution in [2.45, 2.75) is 98.7 Å². The van der Waals surface area contributed by atoms with Crippen LogP contribution in [0.1, 0.15) is 89.2 Å². The molecule has 2 aromatic rings. The van der Waals surface area contributed by atoms with Crippen LogP contribution in [0, 0.1) is 0 Å². The summed E-state index contributed by atoms with van der Waals surface area (Å²) in [6, 6.07) is 8.44. The molecule has 0 aromatic heterocycles. The molecule has 0 radical (unpaired) electrons. The maximum Gasteiger partial charge on any atom is 0.303 e. The van der Waals surface area contributed by atoms with Gasteiger partial charge in [0.1, 0.15) is 26.8 Å². The Labute approximate surface area is 405 Å². The van der Waals surface area contributed by atoms with Gasteiger partial charge in [-0.15, -0.1) is 0 Å². The molecular formula is C47H61ClN2O15S3-2. The van der Waals surface area contributed by atoms with E-state index in [1.54, 1.807) is 26.4 Å². The van der Waals surface area contributed by atoms with Crippen LogP contribution in [-0.2, 0) is 64.9 Å². The number of aliphatic carboxylic acids is 1. The largest absolute Gasteiger partial charge is 0.748 e. The molecule has 0 amide bonds. The van der Waals surface area contributed by atoms with Gasteiger partial charge in [0.15, 0.2) is 12.3 Å². The van der Waals surface area contributed by atoms with Crippen LogP contribution in [-0.4, -0.2) is 133 Å². The van der Waals surface area contributed by atoms with E-state index in [2.05, 4.69) is 4.90 Å². The van der Waals surface area contributed by atoms with Gasteiger partial charge in [-0.3, -0.25) is 4.79 Å². The summed E-state index contributed by atoms with van der Waals surface area (Å²) in [6.45, 7) is 6.49. The van der Waals surface area contributed by atoms with Crippen LogP contribution in [0.2, 0.25) is 0 Å². The standard InChI is InChI=1S/C47H63ClN2O15S3/c1-46(21-9-31-66(53,54)55)38-32-36(67(56,57)58)16-18-41(38)50(24-26-64-29-30-65-28-27-63-4)42(46)19-13-34-10-8-11-35(45(34)48)14-20-43-47(2,22-25-62-3)39-33-37(68(59,60)61)15-17-40(39)49(43)23-7-5-6-12-44(51)52/h13-20,32-33H,5-12,21-31H2,1-4H3,(H3-,51,52,53,54,55,56,57,58,59,60,61)/p-2. The summed E-state index contributed by atoms with van der Waals surface area (Å²) in [7, 11) is -11.1. The molecule has 2 aliphatic heterocycles. The van der Waals surface area contributed by atoms with Crippen LogP contribution in [0.4, 0.5) is 11.4 Å². The Morgan fingerprint density at radius 1 is 0.779 bits per heavy atom. The maximum atomic E-state index is 12.3. The highest BCUT2D eigenvalue weighted by molar-refractivity contribution is 7.86. The Bertz CT molecular complexity index is 2660. The molecule has 1 aliphatic carbocycles. The van der Waals surface area contributed by atoms with Crippen molar-refractivity contribution in [3.8, 4) is 0 Å². The number of benzene rings is 2. The molecule has 68 heavy (non-hydrogen) atoms. The molecule has 0 spiro atoms. The molecule has 0 saturated carbocycles. The molecule has 1 N–H and O–H groups in total. The van der Waals surface area contributed by atoms with E-state index in [4.69, 9.17) is 30.5 Å². The van der Waals surface area contributed by atoms with Crippen molar-refractivity contribution >= 4 is 65.0 Å². The van der Waals surface area contributed by atoms with Gasteiger partial charge in [-0.2, -0.15) is 4.58 Å². The summed E-state index contributed by atoms with van der Waals surface area (Å²) in [5.41, 5.74) is 3.59. The number of rotatable bonds is 27. The average Bonchev–Trinajstić information content (AvgIpc) is 3.64. The van der Waals surface area contributed by atoms with Crippen molar-refractivity contribution in [1.29, 1.82) is 0 Å². The number of unbranched alkanes of at least 4 members (excludes halogenated alkanes) is 2. The van der Waals surface area contributed by atoms with Crippen molar-refractivity contribution in [3.63, 3.8) is 0 Å². The number of carboxylic acids is 1. The number of ether oxygens (including phenoxy) is 4. The summed E-state index contributed by atoms with van der Waals surface area (Å²) in [5.74, 6) is -1.54. The number of methoxy groups -OCH3 is 2. The Hall–Kier alpha value is -3.80. The number of hydrogen-bond donors (Lipinski definition) is 1. The number of carboxylic acid groups (broad SMARTS) is 1. The van der Waals surface area contributed by atoms with Crippen LogP contribution < -0.4 is 4.90 Å². The van der Waals surface area contributed by atoms with E-state index in [-0.39, 0.29) is 43.9 Å². The highest BCUT2D eigenvalue weighted by atomic mass is 35.5. The first kappa shape index (κ1) is 55.1. The second kappa shape index (κ2) is 23.9. The van der Waals surface area contributed by atoms with Gasteiger partial charge in [0.25, 0.3) is 0 Å². The molecule has 0 saturated heterocycles. The summed E-state index contributed by atoms with van der Waals surface area (Å²) in [5, 5.41) is 9.68. The molecule has 0 bridgehead atoms. The quantitative estimate of drug-likeness (QED) is 0.0581. The molecule has 376 valence electrons. The Morgan fingerprint density at radius 2 is 1.43 bits per heavy atom. The lowest BCUT2D eigenvalue weighted by Crippen LogP contribution is -2.33. The molecule has 5 rings (SSSR count). The zero-order chi connectivity index (χ0) is 49.9. The number of allylic oxidation sites excluding steroid dienone is 8. The summed E-state index contributed by atoms with van der Waals surface area (Å²) >= 11 is 7.26. The number of carbonyl (C=O) groups is 1. The average molecular weight is 1030 g/mol. The minimum Gasteiger partial charge on any atom is -0.748 e. The second-order valence-electron chi connectivity index (χ2n) is 17.4. The van der Waals surface area contributed by atoms with E-state index in [9.17, 15) is 48.8 Å². The highest BCUT2D eigenvalue weighted by Gasteiger charge is 2.48. The number of hydrogen-bond acceptors (Lipinski definition) is 15. The van der Waals surface area contributed by atoms with Gasteiger partial charge in [-0.05, 0) is 118 Å². The van der Waals surface area contributed by atoms with Gasteiger partial charge in [0, 0.05) is 79.1 Å². The molecule has 2 unspecified atom stereocenters. The van der Waals surface area contributed by atoms with Crippen LogP contribution in [0.3, 0.4) is 0 Å². The Kier molecular flexibility index (Phi) is 19.4. The summed E-state index contributed by atoms with van der Waals surface area (Å²) in [6.07, 6.45) is 11.8. The first-order valence-electron chi connectivity index (χ1n) is 22.5. The number of nitrogens with zero attached hydrogens (tertiary/aromatic N) is 2. The topological polar surface area (TPSA) is 252 Å². The Balaban J connectivity index is 1.57. The maximum absolute atomic E-state index is 12.3. The normalized spacial score (nSPS) is 21.2. The third-order valence-electron chi connectivity index (χ3n) is 12.7. The lowest BCUT2D eigenvalue weighted by atomic mass is 9.75. The first-order chi connectivity index (χ1) is 32.0. The van der Waals surface area contributed by atoms with Crippen LogP contribution in [0.5, 0.6) is 0 Å². The minimum absolute atomic E-state index is 0.0332. The Morgan fingerprint density at radius 3 is 2.07 bits per heavy atom. The first-order valence-corrected chi connectivity index (χ1v) is 27.2. The number of anilines is 1. The lowest BCUT2D eigenvalue weighted by Gasteiger charge is -2.30. The molecule has 0 fully saturated rings. The van der Waals surface area contributed by atoms with Crippen molar-refractivity contribution in [2.24, 2.45) is 0 Å². The van der Waals surface area contributed by atoms with E-state index >= 15 is 0 Å². The predicted molar refractivity (Wildman–Crippen MR) is 253 cm³/mol. The van der Waals surface area contributed by atoms with Crippen molar-refractivity contribution < 1.29 is 72.3 Å². The summed E-state index contributed by atoms with van der Waals surface area (Å²) < 4.78 is 133. The van der Waals surface area contributed by atoms with Crippen molar-refractivity contribution in [2.75, 3.05) is 77.6 Å². The van der Waals surface area contributed by atoms with E-state index in [1.807, 2.05) is 42.7 Å². The van der Waals surface area contributed by atoms with Gasteiger partial charge in [0.05, 0.1) is 51.8 Å². The van der Waals surface area contributed by atoms with E-state index < -0.39 is 57.8 Å². The smallest absolute Gasteiger partial charge is 0.303 e. The van der Waals surface area contributed by atoms with Gasteiger partial charge in [-0.1, -0.05) is 30.2 Å². The fraction of sp³-hybridized carbons (Fsp3) is 0.532. The fourth-order valence-corrected chi connectivity index (χ4v) is 11.0. The molecular weight excluding hydrogens is 964 g/mol. The molecule has 21 heteroatoms. The van der Waals surface area contributed by atoms with Gasteiger partial charge in [0.2, 0.25) is 5.69 Å². The zero-order valence-electron chi connectivity index (χ0n) is 38.9. The van der Waals surface area contributed by atoms with Crippen molar-refractivity contribution in [1.82, 2.24) is 0 Å². The van der Waals surface area contributed by atoms with E-state index in [0.717, 1.165) is 22.5 Å². The van der Waals surface area contributed by atoms with Crippen LogP contribution >= 0.6 is 11.6 Å². The minimum atomic E-state index is -4.88. The van der Waals surface area contributed by atoms with Gasteiger partial charge in [-0.25, -0.2) is 25.3 Å². The van der Waals surface area contributed by atoms with Crippen LogP contribution in [0.25, 0.3) is 0 Å². The lowest BCUT2D eigenvalue weighted by molar-refractivity contribution is -0.442. The van der Waals surface area contributed by atoms with Gasteiger partial charge < -0.3 is 42.6 Å². The van der Waals surface area contributed by atoms with Gasteiger partial charge >= 0.3 is 5.97 Å². The third-order valence-corrected chi connectivity index (χ3v) is 15.7. The number of fused-ring (bicyclic) bond motifs is 2. The molecule has 2 heterocycles. The zero-order valence-corrected chi connectivity index (χ0v) is 42.1. The van der Waals surface area contributed by atoms with E-state index in [0.29, 0.717) is 105 Å². The molecule has 3 aliphatic rings. The third kappa shape index (κ3) is 14.0. The highest BCUT2D eigenvalue weighted by Crippen LogP contribution is 2.51. The molecule has 17 nitrogen and oxygen atoms in total. The SMILES string of the molecule is COCCOCCOCC[N+]1=C(/C=C/C2=C(Cl)C(=C/C=C3/N(CCCCCC(=O)O)c4ccc(S(=O)(=O)[O-])cc4C3(C)CCOC)/CCC2)C(C)(CCCS(=O)(=O)[O-])c2cc(S(=O)(=O)[O-])ccc21. The second-order valence-corrected chi connectivity index (χ2v) is 22.1. The monoisotopic (exact) mass is 1020 g/mol. The molecule has 2 aromatic carbocycles. The predicted octanol–water partition coefficient (Wildman–Crippen LogP) is 6.36. The van der Waals surface area contributed by atoms with Crippen molar-refractivity contribution in [3.05, 3.63) is 93.7 Å². The van der Waals surface area contributed by atoms with Crippen LogP contribution in [0.15, 0.2) is 92.4 Å². The number of halogens is 1. The fourth-order valence-electron chi connectivity index (χ4n) is 9.20. The van der Waals surface area contributed by atoms with E-state index in [1.165, 1.54) is 24.3 Å². The molecule has 2 atom stereocenters.